The molecule has 7 heteroatoms. The predicted molar refractivity (Wildman–Crippen MR) is 67.2 cm³/mol. The smallest absolute Gasteiger partial charge is 0.406 e. The predicted octanol–water partition coefficient (Wildman–Crippen LogP) is 3.35. The molecule has 0 saturated heterocycles. The van der Waals surface area contributed by atoms with Crippen molar-refractivity contribution in [2.45, 2.75) is 31.1 Å². The summed E-state index contributed by atoms with van der Waals surface area (Å²) in [7, 11) is 1.39. The van der Waals surface area contributed by atoms with Crippen LogP contribution in [0.25, 0.3) is 0 Å². The van der Waals surface area contributed by atoms with Crippen LogP contribution in [0.1, 0.15) is 18.4 Å². The number of phenols is 1. The van der Waals surface area contributed by atoms with Crippen LogP contribution in [0, 0.1) is 0 Å². The minimum absolute atomic E-state index is 0.0642. The van der Waals surface area contributed by atoms with Crippen molar-refractivity contribution in [1.29, 1.82) is 0 Å². The molecule has 1 aliphatic carbocycles. The van der Waals surface area contributed by atoms with Gasteiger partial charge in [0.2, 0.25) is 0 Å². The summed E-state index contributed by atoms with van der Waals surface area (Å²) in [6, 6.07) is 3.08. The molecular weight excluding hydrogens is 327 g/mol. The minimum atomic E-state index is -4.23. The van der Waals surface area contributed by atoms with Gasteiger partial charge in [0, 0.05) is 6.54 Å². The van der Waals surface area contributed by atoms with Crippen LogP contribution in [0.15, 0.2) is 16.6 Å². The lowest BCUT2D eigenvalue weighted by Crippen LogP contribution is -2.44. The average Bonchev–Trinajstić information content (AvgIpc) is 3.11. The third-order valence-corrected chi connectivity index (χ3v) is 3.84. The minimum Gasteiger partial charge on any atom is -0.503 e. The third-order valence-electron chi connectivity index (χ3n) is 3.23. The van der Waals surface area contributed by atoms with Gasteiger partial charge < -0.3 is 9.84 Å². The van der Waals surface area contributed by atoms with Crippen LogP contribution in [0.2, 0.25) is 0 Å². The van der Waals surface area contributed by atoms with Crippen molar-refractivity contribution in [2.24, 2.45) is 0 Å². The summed E-state index contributed by atoms with van der Waals surface area (Å²) in [6.07, 6.45) is -4.02. The second-order valence-electron chi connectivity index (χ2n) is 4.56. The van der Waals surface area contributed by atoms with Crippen molar-refractivity contribution in [2.75, 3.05) is 7.11 Å². The SMILES string of the molecule is COc1cc(CNC2(C(F)(F)F)CC2)cc(Br)c1O. The Morgan fingerprint density at radius 1 is 1.42 bits per heavy atom. The Balaban J connectivity index is 2.11. The molecule has 1 aliphatic rings. The lowest BCUT2D eigenvalue weighted by atomic mass is 10.1. The number of nitrogens with one attached hydrogen (secondary N) is 1. The summed E-state index contributed by atoms with van der Waals surface area (Å²) in [5.74, 6) is 0.159. The first kappa shape index (κ1) is 14.5. The maximum atomic E-state index is 12.8. The van der Waals surface area contributed by atoms with Gasteiger partial charge in [-0.05, 0) is 46.5 Å². The fraction of sp³-hybridized carbons (Fsp3) is 0.500. The van der Waals surface area contributed by atoms with Gasteiger partial charge in [-0.15, -0.1) is 0 Å². The first-order valence-corrected chi connectivity index (χ1v) is 6.45. The number of aromatic hydroxyl groups is 1. The van der Waals surface area contributed by atoms with E-state index in [0.29, 0.717) is 10.0 Å². The quantitative estimate of drug-likeness (QED) is 0.883. The normalized spacial score (nSPS) is 17.3. The van der Waals surface area contributed by atoms with E-state index in [0.717, 1.165) is 0 Å². The highest BCUT2D eigenvalue weighted by atomic mass is 79.9. The molecule has 0 heterocycles. The highest BCUT2D eigenvalue weighted by molar-refractivity contribution is 9.10. The molecule has 0 amide bonds. The zero-order valence-corrected chi connectivity index (χ0v) is 11.7. The average molecular weight is 340 g/mol. The molecule has 19 heavy (non-hydrogen) atoms. The van der Waals surface area contributed by atoms with Crippen molar-refractivity contribution < 1.29 is 23.0 Å². The molecule has 2 N–H and O–H groups in total. The molecule has 0 bridgehead atoms. The standard InChI is InChI=1S/C12H13BrF3NO2/c1-19-9-5-7(4-8(13)10(9)18)6-17-11(2-3-11)12(14,15)16/h4-5,17-18H,2-3,6H2,1H3. The van der Waals surface area contributed by atoms with Gasteiger partial charge in [0.25, 0.3) is 0 Å². The number of alkyl halides is 3. The molecule has 0 aliphatic heterocycles. The summed E-state index contributed by atoms with van der Waals surface area (Å²) in [5, 5.41) is 12.2. The summed E-state index contributed by atoms with van der Waals surface area (Å²) in [4.78, 5) is 0. The topological polar surface area (TPSA) is 41.5 Å². The van der Waals surface area contributed by atoms with Gasteiger partial charge in [0.05, 0.1) is 11.6 Å². The van der Waals surface area contributed by atoms with E-state index in [-0.39, 0.29) is 30.9 Å². The summed E-state index contributed by atoms with van der Waals surface area (Å²) in [5.41, 5.74) is -1.14. The zero-order valence-electron chi connectivity index (χ0n) is 10.1. The molecule has 0 unspecified atom stereocenters. The number of hydrogen-bond acceptors (Lipinski definition) is 3. The van der Waals surface area contributed by atoms with E-state index < -0.39 is 11.7 Å². The van der Waals surface area contributed by atoms with Gasteiger partial charge in [-0.3, -0.25) is 5.32 Å². The Bertz CT molecular complexity index is 487. The highest BCUT2D eigenvalue weighted by Gasteiger charge is 2.62. The Morgan fingerprint density at radius 2 is 2.05 bits per heavy atom. The van der Waals surface area contributed by atoms with Crippen LogP contribution >= 0.6 is 15.9 Å². The van der Waals surface area contributed by atoms with E-state index in [9.17, 15) is 18.3 Å². The molecule has 0 atom stereocenters. The molecule has 2 rings (SSSR count). The third kappa shape index (κ3) is 2.81. The molecular formula is C12H13BrF3NO2. The zero-order chi connectivity index (χ0) is 14.3. The van der Waals surface area contributed by atoms with Crippen molar-refractivity contribution >= 4 is 15.9 Å². The van der Waals surface area contributed by atoms with Crippen molar-refractivity contribution in [1.82, 2.24) is 5.32 Å². The first-order chi connectivity index (χ1) is 8.79. The highest BCUT2D eigenvalue weighted by Crippen LogP contribution is 2.49. The van der Waals surface area contributed by atoms with Gasteiger partial charge >= 0.3 is 6.18 Å². The summed E-state index contributed by atoms with van der Waals surface area (Å²) >= 11 is 3.13. The van der Waals surface area contributed by atoms with Crippen LogP contribution in [0.5, 0.6) is 11.5 Å². The number of ether oxygens (including phenoxy) is 1. The van der Waals surface area contributed by atoms with Crippen molar-refractivity contribution in [3.63, 3.8) is 0 Å². The number of hydrogen-bond donors (Lipinski definition) is 2. The maximum Gasteiger partial charge on any atom is 0.406 e. The van der Waals surface area contributed by atoms with E-state index in [2.05, 4.69) is 21.2 Å². The molecule has 0 spiro atoms. The monoisotopic (exact) mass is 339 g/mol. The Kier molecular flexibility index (Phi) is 3.70. The van der Waals surface area contributed by atoms with E-state index in [1.807, 2.05) is 0 Å². The first-order valence-electron chi connectivity index (χ1n) is 5.66. The Labute approximate surface area is 116 Å². The molecule has 1 fully saturated rings. The van der Waals surface area contributed by atoms with Crippen LogP contribution < -0.4 is 10.1 Å². The fourth-order valence-electron chi connectivity index (χ4n) is 1.84. The van der Waals surface area contributed by atoms with Gasteiger partial charge in [0.1, 0.15) is 5.54 Å². The largest absolute Gasteiger partial charge is 0.503 e. The van der Waals surface area contributed by atoms with Crippen LogP contribution in [-0.2, 0) is 6.54 Å². The molecule has 1 aromatic rings. The van der Waals surface area contributed by atoms with E-state index in [1.54, 1.807) is 6.07 Å². The number of methoxy groups -OCH3 is 1. The number of benzene rings is 1. The lowest BCUT2D eigenvalue weighted by Gasteiger charge is -2.21. The van der Waals surface area contributed by atoms with E-state index in [4.69, 9.17) is 4.74 Å². The molecule has 3 nitrogen and oxygen atoms in total. The second kappa shape index (κ2) is 4.86. The number of rotatable bonds is 4. The Morgan fingerprint density at radius 3 is 2.53 bits per heavy atom. The van der Waals surface area contributed by atoms with Crippen LogP contribution in [0.3, 0.4) is 0 Å². The molecule has 106 valence electrons. The lowest BCUT2D eigenvalue weighted by molar-refractivity contribution is -0.166. The van der Waals surface area contributed by atoms with Crippen molar-refractivity contribution in [3.8, 4) is 11.5 Å². The van der Waals surface area contributed by atoms with Gasteiger partial charge in [-0.25, -0.2) is 0 Å². The summed E-state index contributed by atoms with van der Waals surface area (Å²) in [6.45, 7) is 0.0642. The maximum absolute atomic E-state index is 12.8. The van der Waals surface area contributed by atoms with E-state index in [1.165, 1.54) is 13.2 Å². The number of halogens is 4. The van der Waals surface area contributed by atoms with Gasteiger partial charge in [-0.1, -0.05) is 0 Å². The van der Waals surface area contributed by atoms with Crippen LogP contribution in [0.4, 0.5) is 13.2 Å². The molecule has 1 saturated carbocycles. The number of phenolic OH excluding ortho intramolecular Hbond substituents is 1. The van der Waals surface area contributed by atoms with Gasteiger partial charge in [0.15, 0.2) is 11.5 Å². The molecule has 1 aromatic carbocycles. The molecule has 0 aromatic heterocycles. The fourth-order valence-corrected chi connectivity index (χ4v) is 2.33. The summed E-state index contributed by atoms with van der Waals surface area (Å²) < 4.78 is 43.6. The van der Waals surface area contributed by atoms with Gasteiger partial charge in [-0.2, -0.15) is 13.2 Å². The Hall–Kier alpha value is -0.950. The van der Waals surface area contributed by atoms with Crippen molar-refractivity contribution in [3.05, 3.63) is 22.2 Å². The second-order valence-corrected chi connectivity index (χ2v) is 5.42. The molecule has 0 radical (unpaired) electrons. The van der Waals surface area contributed by atoms with Crippen LogP contribution in [-0.4, -0.2) is 23.9 Å². The van der Waals surface area contributed by atoms with E-state index >= 15 is 0 Å².